The van der Waals surface area contributed by atoms with Crippen molar-refractivity contribution in [1.82, 2.24) is 5.32 Å². The summed E-state index contributed by atoms with van der Waals surface area (Å²) in [5, 5.41) is 3.75. The molecule has 1 N–H and O–H groups in total. The average Bonchev–Trinajstić information content (AvgIpc) is 3.38. The predicted octanol–water partition coefficient (Wildman–Crippen LogP) is 4.72. The molecule has 9 heteroatoms. The molecule has 0 saturated carbocycles. The van der Waals surface area contributed by atoms with Gasteiger partial charge in [-0.05, 0) is 43.2 Å². The highest BCUT2D eigenvalue weighted by Gasteiger charge is 2.33. The fourth-order valence-corrected chi connectivity index (χ4v) is 4.09. The van der Waals surface area contributed by atoms with Gasteiger partial charge in [0.25, 0.3) is 5.91 Å². The Kier molecular flexibility index (Phi) is 7.81. The van der Waals surface area contributed by atoms with Gasteiger partial charge in [-0.25, -0.2) is 4.99 Å². The molecule has 0 bridgehead atoms. The number of nitrogens with zero attached hydrogens (tertiary/aromatic N) is 2. The van der Waals surface area contributed by atoms with E-state index in [0.717, 1.165) is 12.8 Å². The van der Waals surface area contributed by atoms with Crippen LogP contribution in [0.3, 0.4) is 0 Å². The van der Waals surface area contributed by atoms with Crippen LogP contribution in [0.25, 0.3) is 6.08 Å². The summed E-state index contributed by atoms with van der Waals surface area (Å²) < 4.78 is 10.5. The number of aliphatic imine (C=N–C) groups is 1. The molecule has 2 aromatic rings. The van der Waals surface area contributed by atoms with E-state index in [4.69, 9.17) is 20.8 Å². The van der Waals surface area contributed by atoms with Gasteiger partial charge in [-0.2, -0.15) is 0 Å². The van der Waals surface area contributed by atoms with Crippen molar-refractivity contribution >= 4 is 52.1 Å². The first kappa shape index (κ1) is 23.0. The highest BCUT2D eigenvalue weighted by atomic mass is 35.5. The number of nitrogens with one attached hydrogen (secondary N) is 1. The highest BCUT2D eigenvalue weighted by Crippen LogP contribution is 2.34. The number of hydrogen-bond donors (Lipinski definition) is 1. The molecule has 1 aliphatic heterocycles. The lowest BCUT2D eigenvalue weighted by Gasteiger charge is -2.19. The Balaban J connectivity index is 1.86. The zero-order valence-electron chi connectivity index (χ0n) is 17.6. The molecule has 3 rings (SSSR count). The van der Waals surface area contributed by atoms with E-state index in [1.54, 1.807) is 36.4 Å². The van der Waals surface area contributed by atoms with Crippen molar-refractivity contribution in [3.63, 3.8) is 0 Å². The highest BCUT2D eigenvalue weighted by molar-refractivity contribution is 8.14. The summed E-state index contributed by atoms with van der Waals surface area (Å²) in [6.07, 6.45) is 4.81. The van der Waals surface area contributed by atoms with Gasteiger partial charge in [0.1, 0.15) is 17.2 Å². The number of halogens is 1. The lowest BCUT2D eigenvalue weighted by atomic mass is 10.2. The van der Waals surface area contributed by atoms with Crippen molar-refractivity contribution in [3.8, 4) is 5.75 Å². The zero-order chi connectivity index (χ0) is 22.4. The molecule has 7 nitrogen and oxygen atoms in total. The number of hydrogen-bond acceptors (Lipinski definition) is 6. The summed E-state index contributed by atoms with van der Waals surface area (Å²) >= 11 is 7.46. The van der Waals surface area contributed by atoms with Crippen LogP contribution >= 0.6 is 23.4 Å². The van der Waals surface area contributed by atoms with Crippen LogP contribution in [0.5, 0.6) is 5.75 Å². The summed E-state index contributed by atoms with van der Waals surface area (Å²) in [6.45, 7) is 4.06. The number of carbonyl (C=O) groups excluding carboxylic acids is 2. The quantitative estimate of drug-likeness (QED) is 0.575. The van der Waals surface area contributed by atoms with Gasteiger partial charge < -0.3 is 14.5 Å². The maximum Gasteiger partial charge on any atom is 0.283 e. The number of methoxy groups -OCH3 is 1. The number of anilines is 1. The Morgan fingerprint density at radius 1 is 1.35 bits per heavy atom. The molecule has 164 valence electrons. The minimum atomic E-state index is -0.333. The van der Waals surface area contributed by atoms with Crippen LogP contribution in [0.15, 0.2) is 51.7 Å². The largest absolute Gasteiger partial charge is 0.495 e. The third kappa shape index (κ3) is 5.51. The maximum atomic E-state index is 13.1. The minimum absolute atomic E-state index is 0.106. The van der Waals surface area contributed by atoms with Crippen molar-refractivity contribution in [2.75, 3.05) is 17.8 Å². The van der Waals surface area contributed by atoms with Gasteiger partial charge in [-0.1, -0.05) is 37.2 Å². The summed E-state index contributed by atoms with van der Waals surface area (Å²) in [5.74, 6) is 0.707. The van der Waals surface area contributed by atoms with Gasteiger partial charge in [-0.3, -0.25) is 14.5 Å². The van der Waals surface area contributed by atoms with E-state index < -0.39 is 0 Å². The molecule has 2 amide bonds. The van der Waals surface area contributed by atoms with E-state index in [0.29, 0.717) is 27.4 Å². The number of amidine groups is 1. The first-order valence-corrected chi connectivity index (χ1v) is 11.3. The van der Waals surface area contributed by atoms with E-state index >= 15 is 0 Å². The summed E-state index contributed by atoms with van der Waals surface area (Å²) in [5.41, 5.74) is 0.745. The van der Waals surface area contributed by atoms with Gasteiger partial charge in [0.15, 0.2) is 5.17 Å². The standard InChI is InChI=1S/C22H24ClN3O4S/c1-4-14(5-2)24-20(27)13-31-22-25-18(12-16-7-6-10-30-16)21(28)26(22)15-8-9-19(29-3)17(23)11-15/h6-12,14H,4-5,13H2,1-3H3,(H,24,27)/b18-12-. The minimum Gasteiger partial charge on any atom is -0.495 e. The number of benzene rings is 1. The van der Waals surface area contributed by atoms with Crippen LogP contribution < -0.4 is 15.0 Å². The smallest absolute Gasteiger partial charge is 0.283 e. The predicted molar refractivity (Wildman–Crippen MR) is 125 cm³/mol. The number of furan rings is 1. The average molecular weight is 462 g/mol. The second kappa shape index (κ2) is 10.5. The molecule has 2 heterocycles. The van der Waals surface area contributed by atoms with E-state index in [-0.39, 0.29) is 29.3 Å². The van der Waals surface area contributed by atoms with Crippen LogP contribution in [0, 0.1) is 0 Å². The molecule has 0 unspecified atom stereocenters. The number of amides is 2. The molecule has 31 heavy (non-hydrogen) atoms. The third-order valence-corrected chi connectivity index (χ3v) is 5.96. The Hall–Kier alpha value is -2.71. The summed E-state index contributed by atoms with van der Waals surface area (Å²) in [7, 11) is 1.52. The fourth-order valence-electron chi connectivity index (χ4n) is 3.02. The molecule has 1 aliphatic rings. The lowest BCUT2D eigenvalue weighted by Crippen LogP contribution is -2.36. The first-order valence-electron chi connectivity index (χ1n) is 9.90. The molecule has 0 spiro atoms. The molecule has 0 saturated heterocycles. The van der Waals surface area contributed by atoms with Crippen molar-refractivity contribution in [2.24, 2.45) is 4.99 Å². The van der Waals surface area contributed by atoms with Crippen molar-refractivity contribution in [3.05, 3.63) is 53.1 Å². The van der Waals surface area contributed by atoms with E-state index in [1.165, 1.54) is 30.0 Å². The first-order chi connectivity index (χ1) is 15.0. The lowest BCUT2D eigenvalue weighted by molar-refractivity contribution is -0.119. The van der Waals surface area contributed by atoms with Crippen LogP contribution in [0.4, 0.5) is 5.69 Å². The summed E-state index contributed by atoms with van der Waals surface area (Å²) in [4.78, 5) is 31.4. The molecule has 0 fully saturated rings. The molecule has 0 atom stereocenters. The van der Waals surface area contributed by atoms with E-state index in [1.807, 2.05) is 13.8 Å². The number of carbonyl (C=O) groups is 2. The Labute approximate surface area is 190 Å². The Morgan fingerprint density at radius 3 is 2.74 bits per heavy atom. The van der Waals surface area contributed by atoms with Gasteiger partial charge in [0, 0.05) is 12.1 Å². The summed E-state index contributed by atoms with van der Waals surface area (Å²) in [6, 6.07) is 8.63. The number of rotatable bonds is 8. The SMILES string of the molecule is CCC(CC)NC(=O)CSC1=N/C(=C\c2ccco2)C(=O)N1c1ccc(OC)c(Cl)c1. The van der Waals surface area contributed by atoms with E-state index in [2.05, 4.69) is 10.3 Å². The van der Waals surface area contributed by atoms with Crippen molar-refractivity contribution in [1.29, 1.82) is 0 Å². The molecule has 0 aliphatic carbocycles. The van der Waals surface area contributed by atoms with Gasteiger partial charge in [0.05, 0.1) is 29.8 Å². The number of ether oxygens (including phenoxy) is 1. The molecule has 1 aromatic carbocycles. The van der Waals surface area contributed by atoms with Crippen molar-refractivity contribution in [2.45, 2.75) is 32.7 Å². The van der Waals surface area contributed by atoms with Gasteiger partial charge >= 0.3 is 0 Å². The van der Waals surface area contributed by atoms with Gasteiger partial charge in [-0.15, -0.1) is 0 Å². The molecule has 0 radical (unpaired) electrons. The second-order valence-corrected chi connectivity index (χ2v) is 8.12. The van der Waals surface area contributed by atoms with Crippen LogP contribution in [0.1, 0.15) is 32.4 Å². The maximum absolute atomic E-state index is 13.1. The van der Waals surface area contributed by atoms with Crippen LogP contribution in [0.2, 0.25) is 5.02 Å². The van der Waals surface area contributed by atoms with Gasteiger partial charge in [0.2, 0.25) is 5.91 Å². The topological polar surface area (TPSA) is 84.1 Å². The monoisotopic (exact) mass is 461 g/mol. The fraction of sp³-hybridized carbons (Fsp3) is 0.318. The van der Waals surface area contributed by atoms with Crippen LogP contribution in [-0.4, -0.2) is 35.9 Å². The van der Waals surface area contributed by atoms with Crippen molar-refractivity contribution < 1.29 is 18.7 Å². The second-order valence-electron chi connectivity index (χ2n) is 6.77. The zero-order valence-corrected chi connectivity index (χ0v) is 19.1. The molecule has 1 aromatic heterocycles. The molecular weight excluding hydrogens is 438 g/mol. The Bertz CT molecular complexity index is 1000. The van der Waals surface area contributed by atoms with E-state index in [9.17, 15) is 9.59 Å². The number of thioether (sulfide) groups is 1. The Morgan fingerprint density at radius 2 is 2.13 bits per heavy atom. The normalized spacial score (nSPS) is 15.0. The van der Waals surface area contributed by atoms with Crippen LogP contribution in [-0.2, 0) is 9.59 Å². The third-order valence-electron chi connectivity index (χ3n) is 4.73. The molecular formula is C22H24ClN3O4S.